The predicted octanol–water partition coefficient (Wildman–Crippen LogP) is 3.48. The Morgan fingerprint density at radius 1 is 1.39 bits per heavy atom. The van der Waals surface area contributed by atoms with E-state index < -0.39 is 0 Å². The quantitative estimate of drug-likeness (QED) is 0.871. The maximum Gasteiger partial charge on any atom is 0.253 e. The smallest absolute Gasteiger partial charge is 0.253 e. The van der Waals surface area contributed by atoms with Crippen molar-refractivity contribution in [3.05, 3.63) is 40.4 Å². The zero-order valence-corrected chi connectivity index (χ0v) is 15.1. The van der Waals surface area contributed by atoms with Crippen LogP contribution in [0.15, 0.2) is 23.7 Å². The normalized spacial score (nSPS) is 21.5. The first kappa shape index (κ1) is 16.2. The second-order valence-electron chi connectivity index (χ2n) is 7.78. The van der Waals surface area contributed by atoms with Crippen LogP contribution >= 0.6 is 11.8 Å². The molecule has 124 valence electrons. The number of hydrogen-bond donors (Lipinski definition) is 2. The van der Waals surface area contributed by atoms with Gasteiger partial charge in [0.05, 0.1) is 6.61 Å². The highest BCUT2D eigenvalue weighted by atomic mass is 32.2. The second-order valence-corrected chi connectivity index (χ2v) is 8.80. The number of rotatable bonds is 2. The van der Waals surface area contributed by atoms with E-state index in [0.717, 1.165) is 16.9 Å². The van der Waals surface area contributed by atoms with Crippen molar-refractivity contribution < 1.29 is 9.53 Å². The van der Waals surface area contributed by atoms with Crippen molar-refractivity contribution in [3.63, 3.8) is 0 Å². The zero-order valence-electron chi connectivity index (χ0n) is 14.3. The molecule has 2 aliphatic rings. The van der Waals surface area contributed by atoms with Gasteiger partial charge in [-0.25, -0.2) is 0 Å². The largest absolute Gasteiger partial charge is 0.492 e. The Hall–Kier alpha value is -1.62. The van der Waals surface area contributed by atoms with Crippen LogP contribution in [0.2, 0.25) is 0 Å². The summed E-state index contributed by atoms with van der Waals surface area (Å²) in [6.07, 6.45) is 1.84. The van der Waals surface area contributed by atoms with E-state index in [0.29, 0.717) is 12.2 Å². The Morgan fingerprint density at radius 2 is 2.13 bits per heavy atom. The third-order valence-corrected chi connectivity index (χ3v) is 5.08. The monoisotopic (exact) mass is 332 g/mol. The Morgan fingerprint density at radius 3 is 2.74 bits per heavy atom. The molecule has 1 aromatic rings. The number of fused-ring (bicyclic) bond motifs is 1. The molecule has 0 bridgehead atoms. The minimum absolute atomic E-state index is 0.0605. The minimum atomic E-state index is -0.0990. The van der Waals surface area contributed by atoms with Gasteiger partial charge in [0.25, 0.3) is 5.91 Å². The van der Waals surface area contributed by atoms with Gasteiger partial charge >= 0.3 is 0 Å². The first-order chi connectivity index (χ1) is 10.7. The number of nitrogens with one attached hydrogen (secondary N) is 2. The number of ether oxygens (including phenoxy) is 1. The molecule has 0 fully saturated rings. The fraction of sp³-hybridized carbons (Fsp3) is 0.500. The predicted molar refractivity (Wildman–Crippen MR) is 94.8 cm³/mol. The molecule has 1 unspecified atom stereocenters. The lowest BCUT2D eigenvalue weighted by Crippen LogP contribution is -2.38. The molecule has 0 saturated carbocycles. The molecule has 0 radical (unpaired) electrons. The molecule has 2 heterocycles. The van der Waals surface area contributed by atoms with Gasteiger partial charge in [0.1, 0.15) is 5.75 Å². The summed E-state index contributed by atoms with van der Waals surface area (Å²) in [5.74, 6) is 0.892. The second kappa shape index (κ2) is 5.48. The lowest BCUT2D eigenvalue weighted by molar-refractivity contribution is 0.0947. The summed E-state index contributed by atoms with van der Waals surface area (Å²) in [7, 11) is 0. The molecule has 5 heteroatoms. The minimum Gasteiger partial charge on any atom is -0.492 e. The van der Waals surface area contributed by atoms with Crippen molar-refractivity contribution in [3.8, 4) is 5.75 Å². The van der Waals surface area contributed by atoms with E-state index in [-0.39, 0.29) is 22.2 Å². The Bertz CT molecular complexity index is 666. The molecule has 0 aromatic heterocycles. The molecule has 4 nitrogen and oxygen atoms in total. The van der Waals surface area contributed by atoms with Gasteiger partial charge in [-0.1, -0.05) is 46.4 Å². The summed E-state index contributed by atoms with van der Waals surface area (Å²) in [4.78, 5) is 12.7. The summed E-state index contributed by atoms with van der Waals surface area (Å²) >= 11 is 1.55. The summed E-state index contributed by atoms with van der Waals surface area (Å²) in [5.41, 5.74) is 2.66. The van der Waals surface area contributed by atoms with Crippen LogP contribution in [0.1, 0.15) is 56.1 Å². The van der Waals surface area contributed by atoms with Gasteiger partial charge in [0.15, 0.2) is 5.50 Å². The van der Waals surface area contributed by atoms with Crippen LogP contribution in [0, 0.1) is 0 Å². The lowest BCUT2D eigenvalue weighted by Gasteiger charge is -2.24. The average Bonchev–Trinajstić information content (AvgIpc) is 3.05. The molecule has 2 aliphatic heterocycles. The third kappa shape index (κ3) is 3.07. The molecule has 1 atom stereocenters. The first-order valence-electron chi connectivity index (χ1n) is 7.88. The molecule has 0 spiro atoms. The van der Waals surface area contributed by atoms with Crippen LogP contribution in [0.25, 0.3) is 0 Å². The Labute approximate surface area is 142 Å². The number of benzene rings is 1. The van der Waals surface area contributed by atoms with E-state index in [9.17, 15) is 4.79 Å². The fourth-order valence-corrected chi connectivity index (χ4v) is 3.51. The molecular formula is C18H24N2O2S. The van der Waals surface area contributed by atoms with Gasteiger partial charge in [-0.05, 0) is 23.0 Å². The SMILES string of the molecule is CC(C)(C)c1cc(C(=O)NC2NC=CS2)cc2c1OCC2(C)C. The first-order valence-corrected chi connectivity index (χ1v) is 8.82. The maximum atomic E-state index is 12.7. The molecule has 2 N–H and O–H groups in total. The van der Waals surface area contributed by atoms with Gasteiger partial charge in [0, 0.05) is 28.3 Å². The molecule has 23 heavy (non-hydrogen) atoms. The summed E-state index contributed by atoms with van der Waals surface area (Å²) in [5, 5.41) is 8.03. The van der Waals surface area contributed by atoms with E-state index in [2.05, 4.69) is 45.3 Å². The standard InChI is InChI=1S/C18H24N2O2S/c1-17(2,3)12-8-11(15(21)20-16-19-6-7-23-16)9-13-14(12)22-10-18(13,4)5/h6-9,16,19H,10H2,1-5H3,(H,20,21). The number of hydrogen-bond acceptors (Lipinski definition) is 4. The van der Waals surface area contributed by atoms with E-state index in [1.165, 1.54) is 0 Å². The number of carbonyl (C=O) groups is 1. The summed E-state index contributed by atoms with van der Waals surface area (Å²) in [6.45, 7) is 11.4. The van der Waals surface area contributed by atoms with Crippen molar-refractivity contribution in [1.82, 2.24) is 10.6 Å². The van der Waals surface area contributed by atoms with Gasteiger partial charge in [-0.2, -0.15) is 0 Å². The van der Waals surface area contributed by atoms with E-state index in [1.54, 1.807) is 11.8 Å². The molecule has 0 saturated heterocycles. The van der Waals surface area contributed by atoms with Crippen molar-refractivity contribution >= 4 is 17.7 Å². The molecule has 3 rings (SSSR count). The average molecular weight is 332 g/mol. The molecular weight excluding hydrogens is 308 g/mol. The van der Waals surface area contributed by atoms with E-state index >= 15 is 0 Å². The van der Waals surface area contributed by atoms with Gasteiger partial charge in [-0.3, -0.25) is 4.79 Å². The van der Waals surface area contributed by atoms with Crippen LogP contribution in [0.5, 0.6) is 5.75 Å². The third-order valence-electron chi connectivity index (χ3n) is 4.26. The van der Waals surface area contributed by atoms with E-state index in [4.69, 9.17) is 4.74 Å². The van der Waals surface area contributed by atoms with Crippen LogP contribution in [0.4, 0.5) is 0 Å². The number of amides is 1. The highest BCUT2D eigenvalue weighted by Gasteiger charge is 2.37. The molecule has 0 aliphatic carbocycles. The van der Waals surface area contributed by atoms with Crippen molar-refractivity contribution in [1.29, 1.82) is 0 Å². The van der Waals surface area contributed by atoms with Crippen LogP contribution in [0.3, 0.4) is 0 Å². The summed E-state index contributed by atoms with van der Waals surface area (Å²) in [6, 6.07) is 3.96. The van der Waals surface area contributed by atoms with Crippen LogP contribution < -0.4 is 15.4 Å². The van der Waals surface area contributed by atoms with Crippen LogP contribution in [-0.2, 0) is 10.8 Å². The van der Waals surface area contributed by atoms with Crippen molar-refractivity contribution in [2.24, 2.45) is 0 Å². The van der Waals surface area contributed by atoms with Crippen molar-refractivity contribution in [2.75, 3.05) is 6.61 Å². The van der Waals surface area contributed by atoms with Gasteiger partial charge < -0.3 is 15.4 Å². The molecule has 1 amide bonds. The topological polar surface area (TPSA) is 50.4 Å². The van der Waals surface area contributed by atoms with Crippen molar-refractivity contribution in [2.45, 2.75) is 50.9 Å². The summed E-state index contributed by atoms with van der Waals surface area (Å²) < 4.78 is 5.98. The zero-order chi connectivity index (χ0) is 16.8. The fourth-order valence-electron chi connectivity index (χ4n) is 2.87. The van der Waals surface area contributed by atoms with Gasteiger partial charge in [-0.15, -0.1) is 0 Å². The van der Waals surface area contributed by atoms with Gasteiger partial charge in [0.2, 0.25) is 0 Å². The highest BCUT2D eigenvalue weighted by molar-refractivity contribution is 8.02. The highest BCUT2D eigenvalue weighted by Crippen LogP contribution is 2.45. The number of thioether (sulfide) groups is 1. The lowest BCUT2D eigenvalue weighted by atomic mass is 9.79. The van der Waals surface area contributed by atoms with E-state index in [1.807, 2.05) is 23.7 Å². The Balaban J connectivity index is 1.99. The van der Waals surface area contributed by atoms with Crippen LogP contribution in [-0.4, -0.2) is 18.0 Å². The Kier molecular flexibility index (Phi) is 3.87. The molecule has 1 aromatic carbocycles. The number of carbonyl (C=O) groups excluding carboxylic acids is 1. The maximum absolute atomic E-state index is 12.7.